The highest BCUT2D eigenvalue weighted by atomic mass is 32.1. The first-order chi connectivity index (χ1) is 26.1. The van der Waals surface area contributed by atoms with Crippen molar-refractivity contribution < 1.29 is 30.6 Å². The van der Waals surface area contributed by atoms with E-state index in [0.717, 1.165) is 21.5 Å². The number of aromatic hydroxyl groups is 6. The van der Waals surface area contributed by atoms with Crippen molar-refractivity contribution in [2.75, 3.05) is 0 Å². The van der Waals surface area contributed by atoms with Crippen LogP contribution in [0, 0.1) is 0 Å². The van der Waals surface area contributed by atoms with Crippen LogP contribution < -0.4 is 10.9 Å². The molecule has 0 atom stereocenters. The molecule has 0 saturated heterocycles. The third-order valence-electron chi connectivity index (χ3n) is 10.9. The normalized spacial score (nSPS) is 12.7. The van der Waals surface area contributed by atoms with Crippen LogP contribution in [0.4, 0.5) is 0 Å². The molecule has 12 aromatic rings. The van der Waals surface area contributed by atoms with Crippen molar-refractivity contribution in [3.8, 4) is 55.6 Å². The molecular formula is C42H18N2O8S2. The topological polar surface area (TPSA) is 181 Å². The number of hydrogen-bond donors (Lipinski definition) is 6. The highest BCUT2D eigenvalue weighted by molar-refractivity contribution is 7.22. The van der Waals surface area contributed by atoms with Gasteiger partial charge >= 0.3 is 0 Å². The number of phenols is 6. The van der Waals surface area contributed by atoms with Gasteiger partial charge in [0.25, 0.3) is 0 Å². The van der Waals surface area contributed by atoms with Crippen LogP contribution in [0.15, 0.2) is 82.4 Å². The summed E-state index contributed by atoms with van der Waals surface area (Å²) in [5.41, 5.74) is 0.810. The molecule has 0 aliphatic carbocycles. The Labute approximate surface area is 306 Å². The molecule has 0 unspecified atom stereocenters. The van der Waals surface area contributed by atoms with E-state index >= 15 is 0 Å². The average molecular weight is 743 g/mol. The second kappa shape index (κ2) is 9.50. The minimum Gasteiger partial charge on any atom is -0.507 e. The molecule has 54 heavy (non-hydrogen) atoms. The van der Waals surface area contributed by atoms with Crippen molar-refractivity contribution in [2.24, 2.45) is 0 Å². The van der Waals surface area contributed by atoms with Crippen LogP contribution in [0.25, 0.3) is 117 Å². The minimum absolute atomic E-state index is 0.0311. The molecule has 12 rings (SSSR count). The molecule has 2 aromatic heterocycles. The molecule has 0 aliphatic rings. The first-order valence-electron chi connectivity index (χ1n) is 16.7. The van der Waals surface area contributed by atoms with Crippen LogP contribution in [0.2, 0.25) is 0 Å². The van der Waals surface area contributed by atoms with Crippen LogP contribution in [-0.2, 0) is 0 Å². The van der Waals surface area contributed by atoms with Crippen molar-refractivity contribution in [1.29, 1.82) is 0 Å². The van der Waals surface area contributed by atoms with Gasteiger partial charge in [-0.1, -0.05) is 24.3 Å². The van der Waals surface area contributed by atoms with Crippen LogP contribution in [0.3, 0.4) is 0 Å². The van der Waals surface area contributed by atoms with E-state index in [0.29, 0.717) is 42.9 Å². The van der Waals surface area contributed by atoms with Crippen molar-refractivity contribution in [2.45, 2.75) is 0 Å². The smallest absolute Gasteiger partial charge is 0.201 e. The fourth-order valence-corrected chi connectivity index (χ4v) is 10.9. The SMILES string of the molecule is O=c1c2c(O)cc(O)c3c4c(O)cc(O)c5c(=O)c6c(O)cc(-c7nc8ccccc8s7)c7c8c(-c9nc%10ccccc%10s9)cc(O)c1c8c(c23)c(c54)c67. The van der Waals surface area contributed by atoms with Gasteiger partial charge in [0, 0.05) is 77.1 Å². The van der Waals surface area contributed by atoms with Crippen LogP contribution in [-0.4, -0.2) is 40.6 Å². The molecular weight excluding hydrogens is 725 g/mol. The Kier molecular flexibility index (Phi) is 5.20. The van der Waals surface area contributed by atoms with Gasteiger partial charge in [-0.3, -0.25) is 9.59 Å². The zero-order valence-corrected chi connectivity index (χ0v) is 28.8. The van der Waals surface area contributed by atoms with Crippen molar-refractivity contribution in [3.63, 3.8) is 0 Å². The second-order valence-electron chi connectivity index (χ2n) is 13.6. The zero-order valence-electron chi connectivity index (χ0n) is 27.1. The largest absolute Gasteiger partial charge is 0.507 e. The molecule has 256 valence electrons. The molecule has 0 spiro atoms. The Balaban J connectivity index is 1.51. The third-order valence-corrected chi connectivity index (χ3v) is 13.0. The Morgan fingerprint density at radius 3 is 1.07 bits per heavy atom. The monoisotopic (exact) mass is 742 g/mol. The number of benzene rings is 10. The van der Waals surface area contributed by atoms with Gasteiger partial charge in [-0.05, 0) is 36.4 Å². The van der Waals surface area contributed by atoms with E-state index in [2.05, 4.69) is 0 Å². The van der Waals surface area contributed by atoms with Crippen molar-refractivity contribution >= 4 is 119 Å². The quantitative estimate of drug-likeness (QED) is 0.0739. The Morgan fingerprint density at radius 2 is 0.685 bits per heavy atom. The molecule has 0 bridgehead atoms. The van der Waals surface area contributed by atoms with Crippen molar-refractivity contribution in [1.82, 2.24) is 9.97 Å². The second-order valence-corrected chi connectivity index (χ2v) is 15.7. The van der Waals surface area contributed by atoms with Gasteiger partial charge in [-0.25, -0.2) is 9.97 Å². The minimum atomic E-state index is -0.726. The number of fused-ring (bicyclic) bond motifs is 4. The number of rotatable bonds is 2. The Morgan fingerprint density at radius 1 is 0.370 bits per heavy atom. The zero-order chi connectivity index (χ0) is 36.6. The maximum absolute atomic E-state index is 14.7. The number of para-hydroxylation sites is 2. The van der Waals surface area contributed by atoms with Gasteiger partial charge in [0.05, 0.1) is 42.0 Å². The number of aromatic nitrogens is 2. The van der Waals surface area contributed by atoms with Gasteiger partial charge in [0.2, 0.25) is 10.9 Å². The molecule has 0 amide bonds. The van der Waals surface area contributed by atoms with Gasteiger partial charge in [-0.2, -0.15) is 0 Å². The molecule has 2 heterocycles. The van der Waals surface area contributed by atoms with Gasteiger partial charge in [0.1, 0.15) is 44.5 Å². The molecule has 0 radical (unpaired) electrons. The van der Waals surface area contributed by atoms with Crippen LogP contribution in [0.1, 0.15) is 0 Å². The number of phenolic OH excluding ortho intramolecular Hbond substituents is 6. The van der Waals surface area contributed by atoms with Gasteiger partial charge in [-0.15, -0.1) is 22.7 Å². The summed E-state index contributed by atoms with van der Waals surface area (Å²) in [5, 5.41) is 71.9. The molecule has 10 nitrogen and oxygen atoms in total. The number of nitrogens with zero attached hydrogens (tertiary/aromatic N) is 2. The molecule has 0 saturated carbocycles. The Bertz CT molecular complexity index is 3490. The highest BCUT2D eigenvalue weighted by Crippen LogP contribution is 2.59. The van der Waals surface area contributed by atoms with Crippen LogP contribution >= 0.6 is 22.7 Å². The average Bonchev–Trinajstić information content (AvgIpc) is 3.78. The van der Waals surface area contributed by atoms with E-state index < -0.39 is 33.9 Å². The molecule has 0 aliphatic heterocycles. The van der Waals surface area contributed by atoms with E-state index in [1.165, 1.54) is 34.8 Å². The maximum atomic E-state index is 14.7. The number of thiazole rings is 2. The van der Waals surface area contributed by atoms with E-state index in [1.54, 1.807) is 0 Å². The molecule has 12 heteroatoms. The van der Waals surface area contributed by atoms with Crippen molar-refractivity contribution in [3.05, 3.63) is 93.2 Å². The molecule has 0 fully saturated rings. The highest BCUT2D eigenvalue weighted by Gasteiger charge is 2.34. The lowest BCUT2D eigenvalue weighted by Crippen LogP contribution is -2.10. The Hall–Kier alpha value is -7.02. The predicted molar refractivity (Wildman–Crippen MR) is 213 cm³/mol. The lowest BCUT2D eigenvalue weighted by molar-refractivity contribution is 0.455. The first-order valence-corrected chi connectivity index (χ1v) is 18.3. The fourth-order valence-electron chi connectivity index (χ4n) is 8.90. The summed E-state index contributed by atoms with van der Waals surface area (Å²) in [6.07, 6.45) is 0. The van der Waals surface area contributed by atoms with Gasteiger partial charge in [0.15, 0.2) is 0 Å². The lowest BCUT2D eigenvalue weighted by atomic mass is 9.77. The summed E-state index contributed by atoms with van der Waals surface area (Å²) in [6.45, 7) is 0. The molecule has 6 N–H and O–H groups in total. The summed E-state index contributed by atoms with van der Waals surface area (Å²) in [5.74, 6) is -2.86. The molecule has 10 aromatic carbocycles. The lowest BCUT2D eigenvalue weighted by Gasteiger charge is -2.25. The summed E-state index contributed by atoms with van der Waals surface area (Å²) < 4.78 is 1.73. The standard InChI is InChI=1S/C42H18N2O8S2/c45-17-9-13(41-43-15-5-1-3-7-23(15)53-41)25-26-14(42-44-16-6-2-4-8-24(16)54-42)10-18(46)30-34(26)38-36-28(20(48)12-22(50)32(36)40(30)52)27-19(47)11-21(49)31-35(27)37(38)33(25)29(17)39(31)51/h1-12,45-50H. The van der Waals surface area contributed by atoms with E-state index in [1.807, 2.05) is 48.5 Å². The first kappa shape index (κ1) is 29.5. The predicted octanol–water partition coefficient (Wildman–Crippen LogP) is 9.02. The van der Waals surface area contributed by atoms with E-state index in [4.69, 9.17) is 9.97 Å². The third kappa shape index (κ3) is 3.28. The number of hydrogen-bond acceptors (Lipinski definition) is 12. The van der Waals surface area contributed by atoms with E-state index in [-0.39, 0.29) is 76.1 Å². The maximum Gasteiger partial charge on any atom is 0.201 e. The van der Waals surface area contributed by atoms with Gasteiger partial charge < -0.3 is 30.6 Å². The fraction of sp³-hybridized carbons (Fsp3) is 0. The van der Waals surface area contributed by atoms with E-state index in [9.17, 15) is 40.2 Å². The summed E-state index contributed by atoms with van der Waals surface area (Å²) >= 11 is 2.74. The summed E-state index contributed by atoms with van der Waals surface area (Å²) in [4.78, 5) is 39.4. The van der Waals surface area contributed by atoms with Crippen LogP contribution in [0.5, 0.6) is 34.5 Å². The summed E-state index contributed by atoms with van der Waals surface area (Å²) in [7, 11) is 0. The summed E-state index contributed by atoms with van der Waals surface area (Å²) in [6, 6.07) is 20.0.